The minimum Gasteiger partial charge on any atom is -0.278 e. The van der Waals surface area contributed by atoms with Crippen LogP contribution in [0.2, 0.25) is 5.02 Å². The number of hydrogen-bond donors (Lipinski definition) is 1. The first-order valence-corrected chi connectivity index (χ1v) is 9.27. The predicted molar refractivity (Wildman–Crippen MR) is 96.0 cm³/mol. The van der Waals surface area contributed by atoms with Crippen LogP contribution in [0.3, 0.4) is 0 Å². The highest BCUT2D eigenvalue weighted by Gasteiger charge is 2.18. The fraction of sp³-hybridized carbons (Fsp3) is 0.176. The van der Waals surface area contributed by atoms with Crippen molar-refractivity contribution in [1.82, 2.24) is 0 Å². The second-order valence-electron chi connectivity index (χ2n) is 5.05. The Balaban J connectivity index is 2.14. The van der Waals surface area contributed by atoms with E-state index in [0.717, 1.165) is 12.0 Å². The third-order valence-corrected chi connectivity index (χ3v) is 5.21. The van der Waals surface area contributed by atoms with Crippen LogP contribution in [0.1, 0.15) is 12.5 Å². The minimum absolute atomic E-state index is 0.121. The van der Waals surface area contributed by atoms with Gasteiger partial charge in [-0.05, 0) is 48.4 Å². The normalized spacial score (nSPS) is 11.8. The number of rotatable bonds is 6. The van der Waals surface area contributed by atoms with E-state index in [0.29, 0.717) is 10.7 Å². The van der Waals surface area contributed by atoms with Crippen molar-refractivity contribution in [2.75, 3.05) is 11.2 Å². The molecule has 0 aliphatic carbocycles. The van der Waals surface area contributed by atoms with E-state index in [1.807, 2.05) is 13.0 Å². The van der Waals surface area contributed by atoms with Crippen LogP contribution in [0.15, 0.2) is 58.5 Å². The van der Waals surface area contributed by atoms with E-state index < -0.39 is 15.6 Å². The standard InChI is InChI=1S/C17H16ClN3O2S/c1-2-13-3-9-17(10-4-13)24(22,23)12-16(11-19)21-20-15-7-5-14(18)6-8-15/h3-10,20H,2,12H2,1H3/b21-16+. The lowest BCUT2D eigenvalue weighted by Gasteiger charge is -2.05. The van der Waals surface area contributed by atoms with E-state index in [4.69, 9.17) is 16.9 Å². The van der Waals surface area contributed by atoms with Crippen LogP contribution in [0.4, 0.5) is 5.69 Å². The second kappa shape index (κ2) is 7.95. The van der Waals surface area contributed by atoms with Gasteiger partial charge < -0.3 is 0 Å². The Hall–Kier alpha value is -2.36. The van der Waals surface area contributed by atoms with Gasteiger partial charge >= 0.3 is 0 Å². The number of nitrogens with one attached hydrogen (secondary N) is 1. The quantitative estimate of drug-likeness (QED) is 0.628. The molecule has 0 saturated carbocycles. The number of halogens is 1. The Labute approximate surface area is 146 Å². The summed E-state index contributed by atoms with van der Waals surface area (Å²) in [6.45, 7) is 1.99. The maximum Gasteiger partial charge on any atom is 0.184 e. The van der Waals surface area contributed by atoms with E-state index in [2.05, 4.69) is 10.5 Å². The molecular formula is C17H16ClN3O2S. The fourth-order valence-corrected chi connectivity index (χ4v) is 3.27. The van der Waals surface area contributed by atoms with Gasteiger partial charge in [-0.1, -0.05) is 30.7 Å². The molecular weight excluding hydrogens is 346 g/mol. The summed E-state index contributed by atoms with van der Waals surface area (Å²) in [5, 5.41) is 13.6. The summed E-state index contributed by atoms with van der Waals surface area (Å²) in [5.41, 5.74) is 4.19. The Morgan fingerprint density at radius 1 is 1.17 bits per heavy atom. The zero-order valence-electron chi connectivity index (χ0n) is 13.0. The molecule has 1 N–H and O–H groups in total. The molecule has 0 unspecified atom stereocenters. The third kappa shape index (κ3) is 4.82. The van der Waals surface area contributed by atoms with Gasteiger partial charge in [0.2, 0.25) is 0 Å². The molecule has 0 heterocycles. The Morgan fingerprint density at radius 3 is 2.33 bits per heavy atom. The van der Waals surface area contributed by atoms with Crippen LogP contribution in [0.5, 0.6) is 0 Å². The average molecular weight is 362 g/mol. The smallest absolute Gasteiger partial charge is 0.184 e. The van der Waals surface area contributed by atoms with E-state index in [-0.39, 0.29) is 10.6 Å². The van der Waals surface area contributed by atoms with Crippen LogP contribution in [0.25, 0.3) is 0 Å². The monoisotopic (exact) mass is 361 g/mol. The molecule has 7 heteroatoms. The number of nitrogens with zero attached hydrogens (tertiary/aromatic N) is 2. The van der Waals surface area contributed by atoms with Gasteiger partial charge in [0, 0.05) is 5.02 Å². The second-order valence-corrected chi connectivity index (χ2v) is 7.47. The molecule has 0 bridgehead atoms. The van der Waals surface area contributed by atoms with Gasteiger partial charge in [-0.15, -0.1) is 0 Å². The van der Waals surface area contributed by atoms with Crippen LogP contribution in [0, 0.1) is 11.3 Å². The van der Waals surface area contributed by atoms with E-state index >= 15 is 0 Å². The first-order valence-electron chi connectivity index (χ1n) is 7.24. The molecule has 124 valence electrons. The van der Waals surface area contributed by atoms with Crippen molar-refractivity contribution in [2.45, 2.75) is 18.2 Å². The molecule has 0 amide bonds. The molecule has 24 heavy (non-hydrogen) atoms. The van der Waals surface area contributed by atoms with Crippen molar-refractivity contribution in [3.8, 4) is 6.07 Å². The number of anilines is 1. The minimum atomic E-state index is -3.62. The van der Waals surface area contributed by atoms with Gasteiger partial charge in [0.05, 0.1) is 10.6 Å². The predicted octanol–water partition coefficient (Wildman–Crippen LogP) is 3.67. The van der Waals surface area contributed by atoms with Gasteiger partial charge in [0.25, 0.3) is 0 Å². The van der Waals surface area contributed by atoms with Crippen molar-refractivity contribution >= 4 is 32.8 Å². The van der Waals surface area contributed by atoms with Crippen LogP contribution in [-0.2, 0) is 16.3 Å². The molecule has 0 aliphatic rings. The summed E-state index contributed by atoms with van der Waals surface area (Å²) in [4.78, 5) is 0.175. The molecule has 0 aromatic heterocycles. The summed E-state index contributed by atoms with van der Waals surface area (Å²) in [6.07, 6.45) is 0.830. The van der Waals surface area contributed by atoms with Gasteiger partial charge in [0.15, 0.2) is 15.5 Å². The fourth-order valence-electron chi connectivity index (χ4n) is 1.94. The highest BCUT2D eigenvalue weighted by molar-refractivity contribution is 7.92. The van der Waals surface area contributed by atoms with Crippen molar-refractivity contribution in [2.24, 2.45) is 5.10 Å². The highest BCUT2D eigenvalue weighted by atomic mass is 35.5. The van der Waals surface area contributed by atoms with Crippen LogP contribution < -0.4 is 5.43 Å². The van der Waals surface area contributed by atoms with Crippen molar-refractivity contribution < 1.29 is 8.42 Å². The number of nitriles is 1. The van der Waals surface area contributed by atoms with Gasteiger partial charge in [-0.25, -0.2) is 8.42 Å². The van der Waals surface area contributed by atoms with Crippen molar-refractivity contribution in [3.05, 3.63) is 59.1 Å². The Bertz CT molecular complexity index is 868. The van der Waals surface area contributed by atoms with Crippen molar-refractivity contribution in [1.29, 1.82) is 5.26 Å². The summed E-state index contributed by atoms with van der Waals surface area (Å²) in [5.74, 6) is -0.463. The summed E-state index contributed by atoms with van der Waals surface area (Å²) < 4.78 is 24.8. The zero-order valence-corrected chi connectivity index (χ0v) is 14.6. The first-order chi connectivity index (χ1) is 11.4. The Kier molecular flexibility index (Phi) is 5.96. The SMILES string of the molecule is CCc1ccc(S(=O)(=O)C/C(C#N)=N/Nc2ccc(Cl)cc2)cc1. The largest absolute Gasteiger partial charge is 0.278 e. The van der Waals surface area contributed by atoms with E-state index in [1.165, 1.54) is 0 Å². The van der Waals surface area contributed by atoms with Crippen molar-refractivity contribution in [3.63, 3.8) is 0 Å². The number of benzene rings is 2. The summed E-state index contributed by atoms with van der Waals surface area (Å²) in [7, 11) is -3.62. The topological polar surface area (TPSA) is 82.3 Å². The lowest BCUT2D eigenvalue weighted by molar-refractivity contribution is 0.600. The Morgan fingerprint density at radius 2 is 1.79 bits per heavy atom. The van der Waals surface area contributed by atoms with Crippen LogP contribution >= 0.6 is 11.6 Å². The third-order valence-electron chi connectivity index (χ3n) is 3.31. The molecule has 2 rings (SSSR count). The van der Waals surface area contributed by atoms with E-state index in [1.54, 1.807) is 48.5 Å². The number of sulfone groups is 1. The van der Waals surface area contributed by atoms with E-state index in [9.17, 15) is 8.42 Å². The maximum absolute atomic E-state index is 12.4. The molecule has 2 aromatic carbocycles. The van der Waals surface area contributed by atoms with Gasteiger partial charge in [0.1, 0.15) is 11.8 Å². The summed E-state index contributed by atoms with van der Waals surface area (Å²) in [6, 6.07) is 15.1. The van der Waals surface area contributed by atoms with Crippen LogP contribution in [-0.4, -0.2) is 19.9 Å². The molecule has 0 aliphatic heterocycles. The highest BCUT2D eigenvalue weighted by Crippen LogP contribution is 2.15. The first kappa shape index (κ1) is 18.0. The molecule has 0 saturated heterocycles. The lowest BCUT2D eigenvalue weighted by Crippen LogP contribution is -2.16. The molecule has 0 atom stereocenters. The molecule has 0 fully saturated rings. The zero-order chi connectivity index (χ0) is 17.6. The summed E-state index contributed by atoms with van der Waals surface area (Å²) >= 11 is 5.78. The number of aryl methyl sites for hydroxylation is 1. The maximum atomic E-state index is 12.4. The average Bonchev–Trinajstić information content (AvgIpc) is 2.60. The number of hydrazone groups is 1. The molecule has 2 aromatic rings. The van der Waals surface area contributed by atoms with Gasteiger partial charge in [-0.2, -0.15) is 10.4 Å². The van der Waals surface area contributed by atoms with Gasteiger partial charge in [-0.3, -0.25) is 5.43 Å². The number of hydrogen-bond acceptors (Lipinski definition) is 5. The lowest BCUT2D eigenvalue weighted by atomic mass is 10.2. The molecule has 0 spiro atoms. The molecule has 5 nitrogen and oxygen atoms in total. The molecule has 0 radical (unpaired) electrons.